The summed E-state index contributed by atoms with van der Waals surface area (Å²) in [5, 5.41) is 5.56. The van der Waals surface area contributed by atoms with Crippen molar-refractivity contribution >= 4 is 23.1 Å². The van der Waals surface area contributed by atoms with Crippen LogP contribution < -0.4 is 10.6 Å². The number of hydrogen-bond donors (Lipinski definition) is 2. The zero-order valence-electron chi connectivity index (χ0n) is 14.1. The van der Waals surface area contributed by atoms with Gasteiger partial charge in [-0.15, -0.1) is 0 Å². The molecule has 2 aromatic rings. The van der Waals surface area contributed by atoms with Crippen molar-refractivity contribution in [2.24, 2.45) is 0 Å². The maximum Gasteiger partial charge on any atom is 0.251 e. The summed E-state index contributed by atoms with van der Waals surface area (Å²) in [6.07, 6.45) is 0.695. The lowest BCUT2D eigenvalue weighted by atomic mass is 10.00. The average Bonchev–Trinajstić information content (AvgIpc) is 2.55. The Hall–Kier alpha value is -2.88. The minimum atomic E-state index is -0.137. The highest BCUT2D eigenvalue weighted by Gasteiger charge is 2.07. The molecule has 0 radical (unpaired) electrons. The lowest BCUT2D eigenvalue weighted by Gasteiger charge is -2.10. The molecule has 24 heavy (non-hydrogen) atoms. The van der Waals surface area contributed by atoms with E-state index in [1.165, 1.54) is 12.5 Å². The third kappa shape index (κ3) is 4.81. The largest absolute Gasteiger partial charge is 0.352 e. The van der Waals surface area contributed by atoms with Gasteiger partial charge in [0.05, 0.1) is 0 Å². The molecule has 2 amide bonds. The molecule has 2 rings (SSSR count). The van der Waals surface area contributed by atoms with Gasteiger partial charge in [-0.3, -0.25) is 9.59 Å². The quantitative estimate of drug-likeness (QED) is 0.850. The second kappa shape index (κ2) is 8.11. The molecule has 0 unspecified atom stereocenters. The second-order valence-corrected chi connectivity index (χ2v) is 5.68. The standard InChI is InChI=1S/C20H22N2O2/c1-14-6-4-5-7-19(14)15(2)12-13-21-20(24)17-8-10-18(11-9-17)22-16(3)23/h4-11H,2,12-13H2,1,3H3,(H,21,24)(H,22,23). The second-order valence-electron chi connectivity index (χ2n) is 5.68. The van der Waals surface area contributed by atoms with Crippen LogP contribution in [0.4, 0.5) is 5.69 Å². The molecule has 0 saturated carbocycles. The van der Waals surface area contributed by atoms with Crippen LogP contribution >= 0.6 is 0 Å². The summed E-state index contributed by atoms with van der Waals surface area (Å²) in [4.78, 5) is 23.1. The van der Waals surface area contributed by atoms with Crippen molar-refractivity contribution in [3.63, 3.8) is 0 Å². The van der Waals surface area contributed by atoms with Crippen LogP contribution in [-0.2, 0) is 4.79 Å². The van der Waals surface area contributed by atoms with Gasteiger partial charge >= 0.3 is 0 Å². The monoisotopic (exact) mass is 322 g/mol. The number of nitrogens with one attached hydrogen (secondary N) is 2. The average molecular weight is 322 g/mol. The van der Waals surface area contributed by atoms with Gasteiger partial charge in [0.1, 0.15) is 0 Å². The van der Waals surface area contributed by atoms with Gasteiger partial charge in [-0.1, -0.05) is 30.8 Å². The van der Waals surface area contributed by atoms with Crippen LogP contribution in [0, 0.1) is 6.92 Å². The molecule has 2 N–H and O–H groups in total. The SMILES string of the molecule is C=C(CCNC(=O)c1ccc(NC(C)=O)cc1)c1ccccc1C. The molecule has 4 heteroatoms. The topological polar surface area (TPSA) is 58.2 Å². The molecule has 0 aromatic heterocycles. The first kappa shape index (κ1) is 17.5. The lowest BCUT2D eigenvalue weighted by molar-refractivity contribution is -0.114. The minimum Gasteiger partial charge on any atom is -0.352 e. The van der Waals surface area contributed by atoms with Crippen LogP contribution in [0.2, 0.25) is 0 Å². The molecule has 0 saturated heterocycles. The first-order chi connectivity index (χ1) is 11.5. The van der Waals surface area contributed by atoms with E-state index in [1.54, 1.807) is 24.3 Å². The van der Waals surface area contributed by atoms with E-state index in [2.05, 4.69) is 30.2 Å². The molecule has 4 nitrogen and oxygen atoms in total. The van der Waals surface area contributed by atoms with Crippen molar-refractivity contribution in [2.45, 2.75) is 20.3 Å². The molecule has 0 aliphatic heterocycles. The van der Waals surface area contributed by atoms with Crippen LogP contribution in [0.15, 0.2) is 55.1 Å². The van der Waals surface area contributed by atoms with Crippen molar-refractivity contribution in [3.05, 3.63) is 71.8 Å². The van der Waals surface area contributed by atoms with Gasteiger partial charge in [-0.2, -0.15) is 0 Å². The summed E-state index contributed by atoms with van der Waals surface area (Å²) in [5.74, 6) is -0.274. The van der Waals surface area contributed by atoms with Crippen molar-refractivity contribution in [1.29, 1.82) is 0 Å². The van der Waals surface area contributed by atoms with Gasteiger partial charge in [0, 0.05) is 24.7 Å². The summed E-state index contributed by atoms with van der Waals surface area (Å²) >= 11 is 0. The Morgan fingerprint density at radius 2 is 1.71 bits per heavy atom. The summed E-state index contributed by atoms with van der Waals surface area (Å²) in [7, 11) is 0. The number of aryl methyl sites for hydroxylation is 1. The van der Waals surface area contributed by atoms with Crippen molar-refractivity contribution in [2.75, 3.05) is 11.9 Å². The van der Waals surface area contributed by atoms with Gasteiger partial charge in [0.15, 0.2) is 0 Å². The summed E-state index contributed by atoms with van der Waals surface area (Å²) in [6.45, 7) is 8.13. The van der Waals surface area contributed by atoms with E-state index < -0.39 is 0 Å². The third-order valence-corrected chi connectivity index (χ3v) is 3.71. The van der Waals surface area contributed by atoms with E-state index in [0.29, 0.717) is 24.2 Å². The highest BCUT2D eigenvalue weighted by Crippen LogP contribution is 2.19. The predicted octanol–water partition coefficient (Wildman–Crippen LogP) is 3.79. The molecule has 0 aliphatic carbocycles. The van der Waals surface area contributed by atoms with Gasteiger partial charge in [0.2, 0.25) is 5.91 Å². The Morgan fingerprint density at radius 1 is 1.04 bits per heavy atom. The number of benzene rings is 2. The Balaban J connectivity index is 1.86. The molecule has 0 aliphatic rings. The number of anilines is 1. The van der Waals surface area contributed by atoms with Gasteiger partial charge in [0.25, 0.3) is 5.91 Å². The van der Waals surface area contributed by atoms with E-state index in [0.717, 1.165) is 11.1 Å². The predicted molar refractivity (Wildman–Crippen MR) is 97.9 cm³/mol. The Morgan fingerprint density at radius 3 is 2.33 bits per heavy atom. The summed E-state index contributed by atoms with van der Waals surface area (Å²) in [5.41, 5.74) is 4.56. The fourth-order valence-electron chi connectivity index (χ4n) is 2.44. The smallest absolute Gasteiger partial charge is 0.251 e. The maximum atomic E-state index is 12.1. The fraction of sp³-hybridized carbons (Fsp3) is 0.200. The molecule has 0 spiro atoms. The Bertz CT molecular complexity index is 748. The molecule has 2 aromatic carbocycles. The molecule has 124 valence electrons. The van der Waals surface area contributed by atoms with E-state index in [-0.39, 0.29) is 11.8 Å². The lowest BCUT2D eigenvalue weighted by Crippen LogP contribution is -2.24. The number of carbonyl (C=O) groups is 2. The number of amides is 2. The zero-order valence-corrected chi connectivity index (χ0v) is 14.1. The van der Waals surface area contributed by atoms with E-state index in [9.17, 15) is 9.59 Å². The zero-order chi connectivity index (χ0) is 17.5. The first-order valence-corrected chi connectivity index (χ1v) is 7.87. The van der Waals surface area contributed by atoms with Crippen LogP contribution in [0.1, 0.15) is 34.8 Å². The molecule has 0 fully saturated rings. The number of hydrogen-bond acceptors (Lipinski definition) is 2. The summed E-state index contributed by atoms with van der Waals surface area (Å²) in [6, 6.07) is 14.9. The normalized spacial score (nSPS) is 10.1. The molecule has 0 heterocycles. The highest BCUT2D eigenvalue weighted by molar-refractivity contribution is 5.95. The van der Waals surface area contributed by atoms with Crippen LogP contribution in [0.5, 0.6) is 0 Å². The Labute approximate surface area is 142 Å². The number of rotatable bonds is 6. The van der Waals surface area contributed by atoms with Crippen molar-refractivity contribution in [1.82, 2.24) is 5.32 Å². The highest BCUT2D eigenvalue weighted by atomic mass is 16.2. The van der Waals surface area contributed by atoms with Crippen LogP contribution in [0.25, 0.3) is 5.57 Å². The third-order valence-electron chi connectivity index (χ3n) is 3.71. The minimum absolute atomic E-state index is 0.137. The van der Waals surface area contributed by atoms with Crippen LogP contribution in [-0.4, -0.2) is 18.4 Å². The van der Waals surface area contributed by atoms with E-state index >= 15 is 0 Å². The molecule has 0 bridgehead atoms. The fourth-order valence-corrected chi connectivity index (χ4v) is 2.44. The maximum absolute atomic E-state index is 12.1. The molecular weight excluding hydrogens is 300 g/mol. The Kier molecular flexibility index (Phi) is 5.90. The van der Waals surface area contributed by atoms with Gasteiger partial charge < -0.3 is 10.6 Å². The summed E-state index contributed by atoms with van der Waals surface area (Å²) < 4.78 is 0. The van der Waals surface area contributed by atoms with Crippen LogP contribution in [0.3, 0.4) is 0 Å². The van der Waals surface area contributed by atoms with E-state index in [4.69, 9.17) is 0 Å². The van der Waals surface area contributed by atoms with Crippen molar-refractivity contribution in [3.8, 4) is 0 Å². The van der Waals surface area contributed by atoms with Gasteiger partial charge in [-0.25, -0.2) is 0 Å². The van der Waals surface area contributed by atoms with Crippen molar-refractivity contribution < 1.29 is 9.59 Å². The molecule has 0 atom stereocenters. The molecular formula is C20H22N2O2. The van der Waals surface area contributed by atoms with Gasteiger partial charge in [-0.05, 0) is 54.3 Å². The van der Waals surface area contributed by atoms with E-state index in [1.807, 2.05) is 18.2 Å². The number of carbonyl (C=O) groups excluding carboxylic acids is 2. The first-order valence-electron chi connectivity index (χ1n) is 7.87.